The number of aromatic amines is 1. The fourth-order valence-corrected chi connectivity index (χ4v) is 3.96. The predicted octanol–water partition coefficient (Wildman–Crippen LogP) is 3.89. The van der Waals surface area contributed by atoms with Crippen LogP contribution in [0.4, 0.5) is 20.6 Å². The molecule has 0 bridgehead atoms. The molecule has 1 aliphatic heterocycles. The van der Waals surface area contributed by atoms with Crippen LogP contribution in [-0.2, 0) is 0 Å². The highest BCUT2D eigenvalue weighted by Gasteiger charge is 2.27. The van der Waals surface area contributed by atoms with Crippen molar-refractivity contribution in [1.29, 1.82) is 0 Å². The third-order valence-corrected chi connectivity index (χ3v) is 5.55. The number of rotatable bonds is 5. The number of nitrogens with zero attached hydrogens (tertiary/aromatic N) is 2. The van der Waals surface area contributed by atoms with E-state index in [1.165, 1.54) is 30.3 Å². The SMILES string of the molecule is O=C(NCC1CCCN(C(=O)c2c[nH]c3ccc([N+](=O)[O-])cc23)C1)Nc1cccc(F)c1. The Morgan fingerprint density at radius 1 is 1.25 bits per heavy atom. The third-order valence-electron chi connectivity index (χ3n) is 5.55. The van der Waals surface area contributed by atoms with Crippen molar-refractivity contribution in [2.24, 2.45) is 5.92 Å². The lowest BCUT2D eigenvalue weighted by Crippen LogP contribution is -2.44. The van der Waals surface area contributed by atoms with Gasteiger partial charge in [-0.25, -0.2) is 9.18 Å². The highest BCUT2D eigenvalue weighted by atomic mass is 19.1. The first-order valence-electron chi connectivity index (χ1n) is 10.3. The summed E-state index contributed by atoms with van der Waals surface area (Å²) in [6, 6.07) is 9.56. The maximum absolute atomic E-state index is 13.2. The van der Waals surface area contributed by atoms with Crippen LogP contribution in [0.1, 0.15) is 23.2 Å². The molecule has 1 aromatic heterocycles. The van der Waals surface area contributed by atoms with Gasteiger partial charge in [0.1, 0.15) is 5.82 Å². The first-order valence-corrected chi connectivity index (χ1v) is 10.3. The number of aromatic nitrogens is 1. The second kappa shape index (κ2) is 9.04. The number of hydrogen-bond acceptors (Lipinski definition) is 4. The Morgan fingerprint density at radius 3 is 2.88 bits per heavy atom. The lowest BCUT2D eigenvalue weighted by atomic mass is 9.97. The molecule has 1 unspecified atom stereocenters. The van der Waals surface area contributed by atoms with Crippen LogP contribution in [0.2, 0.25) is 0 Å². The number of carbonyl (C=O) groups excluding carboxylic acids is 2. The van der Waals surface area contributed by atoms with Gasteiger partial charge in [-0.05, 0) is 43.0 Å². The van der Waals surface area contributed by atoms with Gasteiger partial charge in [0, 0.05) is 54.6 Å². The third kappa shape index (κ3) is 4.69. The minimum Gasteiger partial charge on any atom is -0.360 e. The molecule has 0 aliphatic carbocycles. The number of nitro groups is 1. The Hall–Kier alpha value is -3.95. The molecule has 1 saturated heterocycles. The summed E-state index contributed by atoms with van der Waals surface area (Å²) < 4.78 is 13.2. The van der Waals surface area contributed by atoms with Crippen LogP contribution in [0.15, 0.2) is 48.7 Å². The number of amides is 3. The number of non-ortho nitro benzene ring substituents is 1. The Labute approximate surface area is 182 Å². The maximum atomic E-state index is 13.2. The largest absolute Gasteiger partial charge is 0.360 e. The lowest BCUT2D eigenvalue weighted by molar-refractivity contribution is -0.384. The average molecular weight is 439 g/mol. The molecule has 1 fully saturated rings. The second-order valence-corrected chi connectivity index (χ2v) is 7.79. The molecule has 1 atom stereocenters. The van der Waals surface area contributed by atoms with Crippen LogP contribution >= 0.6 is 0 Å². The standard InChI is InChI=1S/C22H22FN5O4/c23-15-4-1-5-16(9-15)26-22(30)25-11-14-3-2-8-27(13-14)21(29)19-12-24-20-7-6-17(28(31)32)10-18(19)20/h1,4-7,9-10,12,14,24H,2-3,8,11,13H2,(H2,25,26,30). The van der Waals surface area contributed by atoms with E-state index >= 15 is 0 Å². The van der Waals surface area contributed by atoms with E-state index in [1.54, 1.807) is 23.2 Å². The van der Waals surface area contributed by atoms with E-state index in [0.29, 0.717) is 41.8 Å². The molecule has 0 radical (unpaired) electrons. The summed E-state index contributed by atoms with van der Waals surface area (Å²) in [6.07, 6.45) is 3.21. The molecule has 2 heterocycles. The van der Waals surface area contributed by atoms with E-state index in [4.69, 9.17) is 0 Å². The van der Waals surface area contributed by atoms with Crippen molar-refractivity contribution in [3.8, 4) is 0 Å². The Morgan fingerprint density at radius 2 is 2.09 bits per heavy atom. The quantitative estimate of drug-likeness (QED) is 0.413. The fraction of sp³-hybridized carbons (Fsp3) is 0.273. The Bertz CT molecular complexity index is 1180. The van der Waals surface area contributed by atoms with Crippen molar-refractivity contribution in [3.63, 3.8) is 0 Å². The molecule has 1 aliphatic rings. The highest BCUT2D eigenvalue weighted by Crippen LogP contribution is 2.26. The van der Waals surface area contributed by atoms with E-state index in [2.05, 4.69) is 15.6 Å². The van der Waals surface area contributed by atoms with Crippen LogP contribution in [0.5, 0.6) is 0 Å². The topological polar surface area (TPSA) is 120 Å². The lowest BCUT2D eigenvalue weighted by Gasteiger charge is -2.32. The number of nitrogens with one attached hydrogen (secondary N) is 3. The average Bonchev–Trinajstić information content (AvgIpc) is 3.20. The van der Waals surface area contributed by atoms with Crippen molar-refractivity contribution in [1.82, 2.24) is 15.2 Å². The van der Waals surface area contributed by atoms with Gasteiger partial charge in [-0.15, -0.1) is 0 Å². The van der Waals surface area contributed by atoms with E-state index < -0.39 is 16.8 Å². The molecule has 3 N–H and O–H groups in total. The summed E-state index contributed by atoms with van der Waals surface area (Å²) in [5, 5.41) is 17.0. The van der Waals surface area contributed by atoms with Gasteiger partial charge in [-0.3, -0.25) is 14.9 Å². The molecular formula is C22H22FN5O4. The summed E-state index contributed by atoms with van der Waals surface area (Å²) in [5.41, 5.74) is 1.33. The van der Waals surface area contributed by atoms with Gasteiger partial charge in [0.25, 0.3) is 11.6 Å². The van der Waals surface area contributed by atoms with Crippen LogP contribution in [0.3, 0.4) is 0 Å². The minimum absolute atomic E-state index is 0.0606. The molecule has 9 nitrogen and oxygen atoms in total. The summed E-state index contributed by atoms with van der Waals surface area (Å²) >= 11 is 0. The Balaban J connectivity index is 1.38. The number of fused-ring (bicyclic) bond motifs is 1. The molecular weight excluding hydrogens is 417 g/mol. The molecule has 0 spiro atoms. The zero-order valence-corrected chi connectivity index (χ0v) is 17.1. The van der Waals surface area contributed by atoms with Crippen molar-refractivity contribution in [3.05, 3.63) is 70.2 Å². The summed E-state index contributed by atoms with van der Waals surface area (Å²) in [7, 11) is 0. The van der Waals surface area contributed by atoms with Gasteiger partial charge < -0.3 is 20.5 Å². The van der Waals surface area contributed by atoms with E-state index in [0.717, 1.165) is 12.8 Å². The molecule has 3 amide bonds. The van der Waals surface area contributed by atoms with Crippen LogP contribution in [-0.4, -0.2) is 46.4 Å². The van der Waals surface area contributed by atoms with E-state index in [9.17, 15) is 24.1 Å². The van der Waals surface area contributed by atoms with Gasteiger partial charge in [0.2, 0.25) is 0 Å². The minimum atomic E-state index is -0.488. The number of anilines is 1. The van der Waals surface area contributed by atoms with Gasteiger partial charge in [-0.1, -0.05) is 6.07 Å². The molecule has 4 rings (SSSR count). The molecule has 2 aromatic carbocycles. The van der Waals surface area contributed by atoms with Gasteiger partial charge in [0.05, 0.1) is 10.5 Å². The molecule has 32 heavy (non-hydrogen) atoms. The Kier molecular flexibility index (Phi) is 6.02. The van der Waals surface area contributed by atoms with Crippen LogP contribution in [0, 0.1) is 21.8 Å². The monoisotopic (exact) mass is 439 g/mol. The number of urea groups is 1. The van der Waals surface area contributed by atoms with E-state index in [1.807, 2.05) is 0 Å². The predicted molar refractivity (Wildman–Crippen MR) is 117 cm³/mol. The number of hydrogen-bond donors (Lipinski definition) is 3. The number of halogens is 1. The number of nitro benzene ring substituents is 1. The summed E-state index contributed by atoms with van der Waals surface area (Å²) in [5.74, 6) is -0.581. The van der Waals surface area contributed by atoms with Crippen molar-refractivity contribution in [2.45, 2.75) is 12.8 Å². The second-order valence-electron chi connectivity index (χ2n) is 7.79. The van der Waals surface area contributed by atoms with Gasteiger partial charge >= 0.3 is 6.03 Å². The number of benzene rings is 2. The van der Waals surface area contributed by atoms with E-state index in [-0.39, 0.29) is 17.5 Å². The van der Waals surface area contributed by atoms with Crippen molar-refractivity contribution < 1.29 is 18.9 Å². The molecule has 3 aromatic rings. The van der Waals surface area contributed by atoms with Crippen LogP contribution in [0.25, 0.3) is 10.9 Å². The fourth-order valence-electron chi connectivity index (χ4n) is 3.96. The number of carbonyl (C=O) groups is 2. The zero-order chi connectivity index (χ0) is 22.7. The normalized spacial score (nSPS) is 16.0. The number of H-pyrrole nitrogens is 1. The molecule has 0 saturated carbocycles. The number of piperidine rings is 1. The summed E-state index contributed by atoms with van der Waals surface area (Å²) in [4.78, 5) is 40.5. The van der Waals surface area contributed by atoms with Crippen molar-refractivity contribution >= 4 is 34.2 Å². The molecule has 166 valence electrons. The van der Waals surface area contributed by atoms with Gasteiger partial charge in [-0.2, -0.15) is 0 Å². The molecule has 10 heteroatoms. The van der Waals surface area contributed by atoms with Crippen LogP contribution < -0.4 is 10.6 Å². The first-order chi connectivity index (χ1) is 15.4. The van der Waals surface area contributed by atoms with Gasteiger partial charge in [0.15, 0.2) is 0 Å². The smallest absolute Gasteiger partial charge is 0.319 e. The zero-order valence-electron chi connectivity index (χ0n) is 17.1. The van der Waals surface area contributed by atoms with Crippen molar-refractivity contribution in [2.75, 3.05) is 25.0 Å². The summed E-state index contributed by atoms with van der Waals surface area (Å²) in [6.45, 7) is 1.40. The first kappa shape index (κ1) is 21.3. The highest BCUT2D eigenvalue weighted by molar-refractivity contribution is 6.07. The number of likely N-dealkylation sites (tertiary alicyclic amines) is 1. The maximum Gasteiger partial charge on any atom is 0.319 e.